The number of nitrogens with zero attached hydrogens (tertiary/aromatic N) is 1. The topological polar surface area (TPSA) is 41.3 Å². The van der Waals surface area contributed by atoms with Gasteiger partial charge in [0.05, 0.1) is 11.4 Å². The van der Waals surface area contributed by atoms with Crippen molar-refractivity contribution in [1.82, 2.24) is 4.90 Å². The van der Waals surface area contributed by atoms with E-state index in [1.807, 2.05) is 6.07 Å². The van der Waals surface area contributed by atoms with Crippen LogP contribution in [-0.4, -0.2) is 30.1 Å². The van der Waals surface area contributed by atoms with Crippen LogP contribution in [0.2, 0.25) is 0 Å². The molecule has 3 rings (SSSR count). The fraction of sp³-hybridized carbons (Fsp3) is 0.600. The molecule has 2 atom stereocenters. The molecule has 0 amide bonds. The van der Waals surface area contributed by atoms with Crippen LogP contribution in [0.3, 0.4) is 0 Å². The summed E-state index contributed by atoms with van der Waals surface area (Å²) in [6.07, 6.45) is 6.16. The van der Waals surface area contributed by atoms with Crippen molar-refractivity contribution in [3.8, 4) is 0 Å². The first-order valence-corrected chi connectivity index (χ1v) is 7.17. The number of hydrogen-bond acceptors (Lipinski definition) is 3. The van der Waals surface area contributed by atoms with E-state index in [9.17, 15) is 4.39 Å². The molecule has 2 aliphatic heterocycles. The van der Waals surface area contributed by atoms with Crippen LogP contribution in [0.1, 0.15) is 32.1 Å². The summed E-state index contributed by atoms with van der Waals surface area (Å²) >= 11 is 0. The van der Waals surface area contributed by atoms with Gasteiger partial charge < -0.3 is 16.0 Å². The third-order valence-electron chi connectivity index (χ3n) is 4.75. The summed E-state index contributed by atoms with van der Waals surface area (Å²) in [7, 11) is 2.24. The number of hydrogen-bond donors (Lipinski definition) is 2. The Kier molecular flexibility index (Phi) is 3.35. The highest BCUT2D eigenvalue weighted by atomic mass is 19.1. The fourth-order valence-corrected chi connectivity index (χ4v) is 3.62. The summed E-state index contributed by atoms with van der Waals surface area (Å²) in [4.78, 5) is 2.52. The SMILES string of the molecule is CN1C2CCCC1CC(Nc1cccc(F)c1N)C2. The maximum atomic E-state index is 13.5. The first-order chi connectivity index (χ1) is 9.15. The number of rotatable bonds is 2. The summed E-state index contributed by atoms with van der Waals surface area (Å²) in [6, 6.07) is 6.73. The molecule has 0 spiro atoms. The van der Waals surface area contributed by atoms with Crippen molar-refractivity contribution in [3.63, 3.8) is 0 Å². The molecule has 2 unspecified atom stereocenters. The summed E-state index contributed by atoms with van der Waals surface area (Å²) in [5, 5.41) is 3.45. The van der Waals surface area contributed by atoms with Crippen molar-refractivity contribution in [2.24, 2.45) is 0 Å². The molecule has 0 radical (unpaired) electrons. The summed E-state index contributed by atoms with van der Waals surface area (Å²) in [5.41, 5.74) is 6.78. The number of nitrogens with two attached hydrogens (primary N) is 1. The van der Waals surface area contributed by atoms with Crippen LogP contribution in [0.25, 0.3) is 0 Å². The van der Waals surface area contributed by atoms with Crippen molar-refractivity contribution in [2.75, 3.05) is 18.1 Å². The molecule has 2 heterocycles. The molecule has 2 saturated heterocycles. The van der Waals surface area contributed by atoms with Gasteiger partial charge in [0.15, 0.2) is 0 Å². The van der Waals surface area contributed by atoms with Crippen LogP contribution in [0, 0.1) is 5.82 Å². The van der Waals surface area contributed by atoms with E-state index < -0.39 is 0 Å². The second-order valence-corrected chi connectivity index (χ2v) is 5.92. The van der Waals surface area contributed by atoms with E-state index in [-0.39, 0.29) is 11.5 Å². The Labute approximate surface area is 114 Å². The lowest BCUT2D eigenvalue weighted by Gasteiger charge is -2.47. The third kappa shape index (κ3) is 2.41. The average Bonchev–Trinajstić information content (AvgIpc) is 2.36. The molecular weight excluding hydrogens is 241 g/mol. The van der Waals surface area contributed by atoms with Crippen LogP contribution >= 0.6 is 0 Å². The molecule has 0 aromatic heterocycles. The van der Waals surface area contributed by atoms with Crippen molar-refractivity contribution < 1.29 is 4.39 Å². The molecule has 1 aromatic carbocycles. The summed E-state index contributed by atoms with van der Waals surface area (Å²) in [5.74, 6) is -0.335. The number of halogens is 1. The second-order valence-electron chi connectivity index (χ2n) is 5.92. The van der Waals surface area contributed by atoms with Gasteiger partial charge in [-0.3, -0.25) is 0 Å². The van der Waals surface area contributed by atoms with Crippen LogP contribution in [-0.2, 0) is 0 Å². The molecular formula is C15H22FN3. The van der Waals surface area contributed by atoms with Gasteiger partial charge in [-0.2, -0.15) is 0 Å². The molecule has 19 heavy (non-hydrogen) atoms. The Morgan fingerprint density at radius 3 is 2.63 bits per heavy atom. The minimum absolute atomic E-state index is 0.242. The molecule has 0 aliphatic carbocycles. The van der Waals surface area contributed by atoms with Gasteiger partial charge in [-0.15, -0.1) is 0 Å². The zero-order chi connectivity index (χ0) is 13.4. The Balaban J connectivity index is 1.72. The lowest BCUT2D eigenvalue weighted by molar-refractivity contribution is 0.0608. The fourth-order valence-electron chi connectivity index (χ4n) is 3.62. The van der Waals surface area contributed by atoms with Gasteiger partial charge in [-0.05, 0) is 44.9 Å². The molecule has 3 nitrogen and oxygen atoms in total. The zero-order valence-electron chi connectivity index (χ0n) is 11.4. The van der Waals surface area contributed by atoms with Crippen LogP contribution in [0.15, 0.2) is 18.2 Å². The number of fused-ring (bicyclic) bond motifs is 2. The van der Waals surface area contributed by atoms with E-state index in [0.717, 1.165) is 18.5 Å². The first kappa shape index (κ1) is 12.7. The highest BCUT2D eigenvalue weighted by Gasteiger charge is 2.35. The van der Waals surface area contributed by atoms with Crippen molar-refractivity contribution in [2.45, 2.75) is 50.2 Å². The monoisotopic (exact) mass is 263 g/mol. The van der Waals surface area contributed by atoms with Crippen molar-refractivity contribution in [3.05, 3.63) is 24.0 Å². The third-order valence-corrected chi connectivity index (χ3v) is 4.75. The molecule has 104 valence electrons. The van der Waals surface area contributed by atoms with Gasteiger partial charge in [-0.1, -0.05) is 12.5 Å². The molecule has 0 saturated carbocycles. The first-order valence-electron chi connectivity index (χ1n) is 7.17. The maximum Gasteiger partial charge on any atom is 0.148 e. The molecule has 2 fully saturated rings. The quantitative estimate of drug-likeness (QED) is 0.806. The lowest BCUT2D eigenvalue weighted by Crippen LogP contribution is -2.52. The van der Waals surface area contributed by atoms with Gasteiger partial charge in [0.25, 0.3) is 0 Å². The number of piperidine rings is 2. The Morgan fingerprint density at radius 1 is 1.26 bits per heavy atom. The Hall–Kier alpha value is -1.29. The zero-order valence-corrected chi connectivity index (χ0v) is 11.4. The predicted octanol–water partition coefficient (Wildman–Crippen LogP) is 2.84. The molecule has 3 N–H and O–H groups in total. The van der Waals surface area contributed by atoms with E-state index in [1.165, 1.54) is 25.3 Å². The van der Waals surface area contributed by atoms with E-state index >= 15 is 0 Å². The van der Waals surface area contributed by atoms with E-state index in [4.69, 9.17) is 5.73 Å². The van der Waals surface area contributed by atoms with Crippen molar-refractivity contribution in [1.29, 1.82) is 0 Å². The number of anilines is 2. The summed E-state index contributed by atoms with van der Waals surface area (Å²) in [6.45, 7) is 0. The number of nitrogens with one attached hydrogen (secondary N) is 1. The van der Waals surface area contributed by atoms with Crippen molar-refractivity contribution >= 4 is 11.4 Å². The molecule has 1 aromatic rings. The summed E-state index contributed by atoms with van der Waals surface area (Å²) < 4.78 is 13.5. The van der Waals surface area contributed by atoms with Crippen LogP contribution in [0.5, 0.6) is 0 Å². The highest BCUT2D eigenvalue weighted by Crippen LogP contribution is 2.34. The maximum absolute atomic E-state index is 13.5. The largest absolute Gasteiger partial charge is 0.395 e. The minimum atomic E-state index is -0.335. The smallest absolute Gasteiger partial charge is 0.148 e. The van der Waals surface area contributed by atoms with E-state index in [0.29, 0.717) is 18.1 Å². The molecule has 4 heteroatoms. The van der Waals surface area contributed by atoms with Crippen LogP contribution in [0.4, 0.5) is 15.8 Å². The normalized spacial score (nSPS) is 31.2. The lowest BCUT2D eigenvalue weighted by atomic mass is 9.82. The Bertz CT molecular complexity index is 449. The number of para-hydroxylation sites is 1. The second kappa shape index (κ2) is 5.00. The van der Waals surface area contributed by atoms with E-state index in [2.05, 4.69) is 17.3 Å². The minimum Gasteiger partial charge on any atom is -0.395 e. The number of benzene rings is 1. The van der Waals surface area contributed by atoms with Gasteiger partial charge in [0.1, 0.15) is 5.82 Å². The van der Waals surface area contributed by atoms with E-state index in [1.54, 1.807) is 6.07 Å². The van der Waals surface area contributed by atoms with Gasteiger partial charge in [0.2, 0.25) is 0 Å². The standard InChI is InChI=1S/C15H22FN3/c1-19-11-4-2-5-12(19)9-10(8-11)18-14-7-3-6-13(16)15(14)17/h3,6-7,10-12,18H,2,4-5,8-9,17H2,1H3. The Morgan fingerprint density at radius 2 is 1.95 bits per heavy atom. The molecule has 2 aliphatic rings. The highest BCUT2D eigenvalue weighted by molar-refractivity contribution is 5.66. The van der Waals surface area contributed by atoms with Crippen LogP contribution < -0.4 is 11.1 Å². The predicted molar refractivity (Wildman–Crippen MR) is 76.6 cm³/mol. The molecule has 2 bridgehead atoms. The average molecular weight is 263 g/mol. The van der Waals surface area contributed by atoms with Gasteiger partial charge in [-0.25, -0.2) is 4.39 Å². The van der Waals surface area contributed by atoms with Gasteiger partial charge in [0, 0.05) is 18.1 Å². The van der Waals surface area contributed by atoms with Gasteiger partial charge >= 0.3 is 0 Å². The number of nitrogen functional groups attached to an aromatic ring is 1.